The molecular weight excluding hydrogens is 374 g/mol. The van der Waals surface area contributed by atoms with Crippen molar-refractivity contribution in [3.05, 3.63) is 35.0 Å². The smallest absolute Gasteiger partial charge is 0.169 e. The second-order valence-electron chi connectivity index (χ2n) is 7.69. The largest absolute Gasteiger partial charge is 0.395 e. The van der Waals surface area contributed by atoms with Gasteiger partial charge in [-0.05, 0) is 63.9 Å². The molecular formula is C22H30ClN3O2. The molecule has 0 radical (unpaired) electrons. The molecule has 0 bridgehead atoms. The van der Waals surface area contributed by atoms with E-state index >= 15 is 0 Å². The summed E-state index contributed by atoms with van der Waals surface area (Å²) in [5, 5.41) is 14.3. The van der Waals surface area contributed by atoms with E-state index in [2.05, 4.69) is 29.0 Å². The molecule has 1 saturated carbocycles. The van der Waals surface area contributed by atoms with Crippen molar-refractivity contribution in [3.8, 4) is 0 Å². The molecule has 1 aromatic heterocycles. The van der Waals surface area contributed by atoms with Gasteiger partial charge in [0.15, 0.2) is 5.78 Å². The summed E-state index contributed by atoms with van der Waals surface area (Å²) in [7, 11) is 0. The van der Waals surface area contributed by atoms with Gasteiger partial charge in [0.05, 0.1) is 23.4 Å². The second kappa shape index (κ2) is 9.68. The number of aliphatic hydroxyl groups excluding tert-OH is 1. The zero-order chi connectivity index (χ0) is 20.1. The summed E-state index contributed by atoms with van der Waals surface area (Å²) in [6, 6.07) is 5.86. The third-order valence-electron chi connectivity index (χ3n) is 5.41. The zero-order valence-electron chi connectivity index (χ0n) is 16.7. The minimum absolute atomic E-state index is 0.152. The molecule has 1 aliphatic carbocycles. The van der Waals surface area contributed by atoms with Gasteiger partial charge in [-0.25, -0.2) is 0 Å². The number of benzene rings is 1. The van der Waals surface area contributed by atoms with E-state index in [1.807, 2.05) is 18.2 Å². The number of Topliss-reactive ketones (excluding diaryl/α,β-unsaturated/α-hetero) is 1. The number of pyridine rings is 1. The highest BCUT2D eigenvalue weighted by molar-refractivity contribution is 6.31. The Morgan fingerprint density at radius 2 is 2.18 bits per heavy atom. The number of carbonyl (C=O) groups excluding carboxylic acids is 1. The van der Waals surface area contributed by atoms with Crippen molar-refractivity contribution in [1.82, 2.24) is 9.88 Å². The molecule has 1 aromatic carbocycles. The quantitative estimate of drug-likeness (QED) is 0.545. The first-order chi connectivity index (χ1) is 13.5. The number of aromatic nitrogens is 1. The molecule has 0 amide bonds. The predicted molar refractivity (Wildman–Crippen MR) is 115 cm³/mol. The fourth-order valence-electron chi connectivity index (χ4n) is 3.58. The summed E-state index contributed by atoms with van der Waals surface area (Å²) in [6.07, 6.45) is 5.67. The second-order valence-corrected chi connectivity index (χ2v) is 8.13. The zero-order valence-corrected chi connectivity index (χ0v) is 17.5. The number of halogens is 1. The molecule has 1 fully saturated rings. The summed E-state index contributed by atoms with van der Waals surface area (Å²) in [5.41, 5.74) is 2.38. The van der Waals surface area contributed by atoms with Crippen LogP contribution in [0.5, 0.6) is 0 Å². The van der Waals surface area contributed by atoms with Crippen LogP contribution in [-0.2, 0) is 0 Å². The molecule has 1 aliphatic rings. The number of nitrogens with zero attached hydrogens (tertiary/aromatic N) is 2. The van der Waals surface area contributed by atoms with Crippen molar-refractivity contribution in [1.29, 1.82) is 0 Å². The van der Waals surface area contributed by atoms with Crippen LogP contribution in [0.25, 0.3) is 10.9 Å². The maximum atomic E-state index is 12.8. The Bertz CT molecular complexity index is 823. The standard InChI is InChI=1S/C22H30ClN3O2/c1-3-26(11-12-27)10-4-5-15(2)25-21-18-9-8-17(23)13-20(18)24-14-19(21)22(28)16-6-7-16/h8-9,13-16,27H,3-7,10-12H2,1-2H3,(H,24,25). The van der Waals surface area contributed by atoms with Gasteiger partial charge in [0, 0.05) is 35.1 Å². The Labute approximate surface area is 172 Å². The van der Waals surface area contributed by atoms with Crippen molar-refractivity contribution in [2.45, 2.75) is 45.6 Å². The van der Waals surface area contributed by atoms with Crippen LogP contribution in [0, 0.1) is 5.92 Å². The minimum atomic E-state index is 0.152. The third-order valence-corrected chi connectivity index (χ3v) is 5.65. The van der Waals surface area contributed by atoms with Crippen LogP contribution in [0.4, 0.5) is 5.69 Å². The predicted octanol–water partition coefficient (Wildman–Crippen LogP) is 4.38. The van der Waals surface area contributed by atoms with Crippen molar-refractivity contribution < 1.29 is 9.90 Å². The lowest BCUT2D eigenvalue weighted by Gasteiger charge is -2.22. The minimum Gasteiger partial charge on any atom is -0.395 e. The van der Waals surface area contributed by atoms with Gasteiger partial charge >= 0.3 is 0 Å². The summed E-state index contributed by atoms with van der Waals surface area (Å²) in [5.74, 6) is 0.346. The molecule has 1 atom stereocenters. The number of nitrogens with one attached hydrogen (secondary N) is 1. The number of hydrogen-bond donors (Lipinski definition) is 2. The number of ketones is 1. The van der Waals surface area contributed by atoms with Crippen molar-refractivity contribution in [3.63, 3.8) is 0 Å². The molecule has 1 unspecified atom stereocenters. The molecule has 6 heteroatoms. The lowest BCUT2D eigenvalue weighted by molar-refractivity contribution is 0.0968. The van der Waals surface area contributed by atoms with Gasteiger partial charge in [0.25, 0.3) is 0 Å². The molecule has 1 heterocycles. The van der Waals surface area contributed by atoms with Gasteiger partial charge in [0.1, 0.15) is 0 Å². The van der Waals surface area contributed by atoms with Crippen molar-refractivity contribution in [2.75, 3.05) is 31.6 Å². The number of likely N-dealkylation sites (N-methyl/N-ethyl adjacent to an activating group) is 1. The average molecular weight is 404 g/mol. The third kappa shape index (κ3) is 5.22. The van der Waals surface area contributed by atoms with E-state index in [0.717, 1.165) is 55.4 Å². The Kier molecular flexibility index (Phi) is 7.27. The number of rotatable bonds is 11. The van der Waals surface area contributed by atoms with E-state index in [1.165, 1.54) is 0 Å². The Balaban J connectivity index is 1.76. The summed E-state index contributed by atoms with van der Waals surface area (Å²) in [6.45, 7) is 7.08. The highest BCUT2D eigenvalue weighted by Crippen LogP contribution is 2.37. The van der Waals surface area contributed by atoms with Crippen LogP contribution in [0.15, 0.2) is 24.4 Å². The number of carbonyl (C=O) groups is 1. The maximum absolute atomic E-state index is 12.8. The van der Waals surface area contributed by atoms with E-state index in [0.29, 0.717) is 17.1 Å². The Morgan fingerprint density at radius 3 is 2.86 bits per heavy atom. The number of hydrogen-bond acceptors (Lipinski definition) is 5. The maximum Gasteiger partial charge on any atom is 0.169 e. The lowest BCUT2D eigenvalue weighted by atomic mass is 10.0. The molecule has 2 aromatic rings. The highest BCUT2D eigenvalue weighted by Gasteiger charge is 2.32. The normalized spacial score (nSPS) is 15.2. The van der Waals surface area contributed by atoms with Crippen LogP contribution in [0.2, 0.25) is 5.02 Å². The molecule has 5 nitrogen and oxygen atoms in total. The average Bonchev–Trinajstić information content (AvgIpc) is 3.52. The first-order valence-electron chi connectivity index (χ1n) is 10.3. The van der Waals surface area contributed by atoms with Gasteiger partial charge in [-0.1, -0.05) is 18.5 Å². The number of aliphatic hydroxyl groups is 1. The van der Waals surface area contributed by atoms with E-state index in [-0.39, 0.29) is 24.3 Å². The Hall–Kier alpha value is -1.69. The number of anilines is 1. The van der Waals surface area contributed by atoms with E-state index < -0.39 is 0 Å². The fourth-order valence-corrected chi connectivity index (χ4v) is 3.75. The summed E-state index contributed by atoms with van der Waals surface area (Å²) < 4.78 is 0. The van der Waals surface area contributed by atoms with Crippen LogP contribution < -0.4 is 5.32 Å². The summed E-state index contributed by atoms with van der Waals surface area (Å²) >= 11 is 6.13. The van der Waals surface area contributed by atoms with E-state index in [1.54, 1.807) is 6.20 Å². The van der Waals surface area contributed by atoms with Crippen molar-refractivity contribution >= 4 is 34.0 Å². The molecule has 28 heavy (non-hydrogen) atoms. The highest BCUT2D eigenvalue weighted by atomic mass is 35.5. The summed E-state index contributed by atoms with van der Waals surface area (Å²) in [4.78, 5) is 19.5. The van der Waals surface area contributed by atoms with E-state index in [4.69, 9.17) is 16.7 Å². The number of fused-ring (bicyclic) bond motifs is 1. The lowest BCUT2D eigenvalue weighted by Crippen LogP contribution is -2.29. The molecule has 3 rings (SSSR count). The molecule has 0 aliphatic heterocycles. The fraction of sp³-hybridized carbons (Fsp3) is 0.545. The van der Waals surface area contributed by atoms with Crippen LogP contribution >= 0.6 is 11.6 Å². The molecule has 2 N–H and O–H groups in total. The van der Waals surface area contributed by atoms with Crippen LogP contribution in [0.3, 0.4) is 0 Å². The first kappa shape index (κ1) is 21.0. The van der Waals surface area contributed by atoms with Crippen LogP contribution in [0.1, 0.15) is 49.9 Å². The topological polar surface area (TPSA) is 65.5 Å². The van der Waals surface area contributed by atoms with Gasteiger partial charge in [-0.3, -0.25) is 9.78 Å². The first-order valence-corrected chi connectivity index (χ1v) is 10.6. The van der Waals surface area contributed by atoms with Gasteiger partial charge in [-0.15, -0.1) is 0 Å². The van der Waals surface area contributed by atoms with Crippen molar-refractivity contribution in [2.24, 2.45) is 5.92 Å². The monoisotopic (exact) mass is 403 g/mol. The van der Waals surface area contributed by atoms with Gasteiger partial charge in [-0.2, -0.15) is 0 Å². The Morgan fingerprint density at radius 1 is 1.39 bits per heavy atom. The van der Waals surface area contributed by atoms with Gasteiger partial charge in [0.2, 0.25) is 0 Å². The molecule has 0 spiro atoms. The van der Waals surface area contributed by atoms with Crippen LogP contribution in [-0.4, -0.2) is 53.1 Å². The van der Waals surface area contributed by atoms with Gasteiger partial charge < -0.3 is 15.3 Å². The SMILES string of the molecule is CCN(CCO)CCCC(C)Nc1c(C(=O)C2CC2)cnc2cc(Cl)ccc12. The molecule has 0 saturated heterocycles. The molecule has 152 valence electrons. The van der Waals surface area contributed by atoms with E-state index in [9.17, 15) is 4.79 Å².